The average molecular weight is 556 g/mol. The summed E-state index contributed by atoms with van der Waals surface area (Å²) in [6.45, 7) is 20.2. The predicted octanol–water partition coefficient (Wildman–Crippen LogP) is 7.90. The van der Waals surface area contributed by atoms with Crippen molar-refractivity contribution >= 4 is 46.7 Å². The van der Waals surface area contributed by atoms with E-state index >= 15 is 0 Å². The number of hydrogen-bond acceptors (Lipinski definition) is 8. The predicted molar refractivity (Wildman–Crippen MR) is 161 cm³/mol. The van der Waals surface area contributed by atoms with Gasteiger partial charge in [-0.3, -0.25) is 14.5 Å². The molecule has 1 atom stereocenters. The lowest BCUT2D eigenvalue weighted by Crippen LogP contribution is -2.22. The molecule has 1 unspecified atom stereocenters. The summed E-state index contributed by atoms with van der Waals surface area (Å²) < 4.78 is 31.0. The quantitative estimate of drug-likeness (QED) is 0.0765. The number of ketones is 1. The number of anilines is 2. The smallest absolute Gasteiger partial charge is 0.212 e. The fourth-order valence-electron chi connectivity index (χ4n) is 2.51. The molecular formula is C27H43F2N5OS2. The zero-order valence-electron chi connectivity index (χ0n) is 22.9. The molecular weight excluding hydrogens is 512 g/mol. The van der Waals surface area contributed by atoms with Gasteiger partial charge in [0.25, 0.3) is 0 Å². The SMILES string of the molecule is C=CCN=C.CC.CC.CC/C=C/SNCCC(CC)Nc1nc(N)c(C(=O)c2c(F)cccc2F)s1. The van der Waals surface area contributed by atoms with Crippen LogP contribution in [0.1, 0.15) is 76.0 Å². The molecule has 0 spiro atoms. The summed E-state index contributed by atoms with van der Waals surface area (Å²) in [5.41, 5.74) is 5.22. The molecule has 1 heterocycles. The van der Waals surface area contributed by atoms with Gasteiger partial charge in [-0.25, -0.2) is 13.8 Å². The second-order valence-electron chi connectivity index (χ2n) is 6.68. The average Bonchev–Trinajstić information content (AvgIpc) is 3.28. The molecule has 0 bridgehead atoms. The van der Waals surface area contributed by atoms with Gasteiger partial charge in [-0.15, -0.1) is 6.58 Å². The van der Waals surface area contributed by atoms with Crippen molar-refractivity contribution < 1.29 is 13.6 Å². The van der Waals surface area contributed by atoms with Crippen LogP contribution >= 0.6 is 23.3 Å². The van der Waals surface area contributed by atoms with E-state index in [4.69, 9.17) is 5.73 Å². The third-order valence-electron chi connectivity index (χ3n) is 4.21. The molecule has 0 saturated heterocycles. The van der Waals surface area contributed by atoms with Crippen molar-refractivity contribution in [3.05, 3.63) is 64.4 Å². The van der Waals surface area contributed by atoms with Crippen LogP contribution in [-0.4, -0.2) is 36.6 Å². The van der Waals surface area contributed by atoms with Crippen LogP contribution in [0, 0.1) is 11.6 Å². The van der Waals surface area contributed by atoms with Gasteiger partial charge in [-0.05, 0) is 43.5 Å². The molecule has 1 aromatic heterocycles. The molecule has 1 aromatic carbocycles. The Kier molecular flexibility index (Phi) is 23.6. The summed E-state index contributed by atoms with van der Waals surface area (Å²) in [7, 11) is 0. The number of carbonyl (C=O) groups is 1. The Labute approximate surface area is 230 Å². The maximum absolute atomic E-state index is 13.9. The number of allylic oxidation sites excluding steroid dienone is 1. The van der Waals surface area contributed by atoms with Crippen LogP contribution in [0.25, 0.3) is 0 Å². The zero-order chi connectivity index (χ0) is 28.6. The first-order valence-corrected chi connectivity index (χ1v) is 14.2. The molecule has 2 aromatic rings. The normalized spacial score (nSPS) is 10.6. The zero-order valence-corrected chi connectivity index (χ0v) is 24.6. The highest BCUT2D eigenvalue weighted by Gasteiger charge is 2.24. The minimum absolute atomic E-state index is 0.0275. The summed E-state index contributed by atoms with van der Waals surface area (Å²) in [6, 6.07) is 3.42. The van der Waals surface area contributed by atoms with Crippen LogP contribution in [0.3, 0.4) is 0 Å². The van der Waals surface area contributed by atoms with Crippen LogP contribution < -0.4 is 15.8 Å². The number of aliphatic imine (C=N–C) groups is 1. The Bertz CT molecular complexity index is 909. The van der Waals surface area contributed by atoms with Crippen molar-refractivity contribution in [1.29, 1.82) is 0 Å². The summed E-state index contributed by atoms with van der Waals surface area (Å²) in [5.74, 6) is -2.67. The molecule has 37 heavy (non-hydrogen) atoms. The van der Waals surface area contributed by atoms with Crippen LogP contribution in [0.15, 0.2) is 47.3 Å². The second kappa shape index (κ2) is 23.8. The van der Waals surface area contributed by atoms with Gasteiger partial charge >= 0.3 is 0 Å². The molecule has 0 fully saturated rings. The van der Waals surface area contributed by atoms with Gasteiger partial charge in [0.15, 0.2) is 5.13 Å². The van der Waals surface area contributed by atoms with E-state index in [0.717, 1.165) is 49.3 Å². The van der Waals surface area contributed by atoms with Crippen molar-refractivity contribution in [3.8, 4) is 0 Å². The summed E-state index contributed by atoms with van der Waals surface area (Å²) in [5, 5.41) is 5.72. The molecule has 0 aliphatic rings. The number of thiazole rings is 1. The number of benzene rings is 1. The van der Waals surface area contributed by atoms with Gasteiger partial charge in [0.1, 0.15) is 22.3 Å². The molecule has 6 nitrogen and oxygen atoms in total. The fourth-order valence-corrected chi connectivity index (χ4v) is 4.04. The van der Waals surface area contributed by atoms with E-state index in [-0.39, 0.29) is 16.7 Å². The van der Waals surface area contributed by atoms with E-state index in [1.54, 1.807) is 18.0 Å². The highest BCUT2D eigenvalue weighted by Crippen LogP contribution is 2.30. The minimum atomic E-state index is -0.917. The number of nitrogens with two attached hydrogens (primary N) is 1. The number of nitrogen functional groups attached to an aromatic ring is 1. The van der Waals surface area contributed by atoms with E-state index in [1.165, 1.54) is 6.07 Å². The summed E-state index contributed by atoms with van der Waals surface area (Å²) >= 11 is 2.55. The van der Waals surface area contributed by atoms with Crippen LogP contribution in [-0.2, 0) is 0 Å². The Morgan fingerprint density at radius 1 is 1.24 bits per heavy atom. The second-order valence-corrected chi connectivity index (χ2v) is 8.48. The van der Waals surface area contributed by atoms with Gasteiger partial charge in [0.2, 0.25) is 5.78 Å². The number of hydrogen-bond donors (Lipinski definition) is 3. The molecule has 208 valence electrons. The standard InChI is InChI=1S/C19H24F2N4OS2.C4H7N.2C2H6/c1-3-5-11-27-23-10-9-12(4-2)24-19-25-18(22)17(28-19)16(26)15-13(20)7-6-8-14(15)21;1-3-4-5-2;2*1-2/h5-8,11-12,23H,3-4,9-10,22H2,1-2H3,(H,24,25);3H,1-2,4H2;2*1-2H3/b11-5+;;;. The van der Waals surface area contributed by atoms with Crippen LogP contribution in [0.5, 0.6) is 0 Å². The number of nitrogens with zero attached hydrogens (tertiary/aromatic N) is 2. The molecule has 0 radical (unpaired) electrons. The van der Waals surface area contributed by atoms with E-state index in [9.17, 15) is 13.6 Å². The van der Waals surface area contributed by atoms with Gasteiger partial charge in [0, 0.05) is 12.6 Å². The highest BCUT2D eigenvalue weighted by molar-refractivity contribution is 8.00. The lowest BCUT2D eigenvalue weighted by Gasteiger charge is -2.15. The first-order chi connectivity index (χ1) is 17.9. The topological polar surface area (TPSA) is 92.4 Å². The van der Waals surface area contributed by atoms with Crippen molar-refractivity contribution in [3.63, 3.8) is 0 Å². The van der Waals surface area contributed by atoms with Gasteiger partial charge < -0.3 is 11.1 Å². The molecule has 0 aliphatic heterocycles. The molecule has 0 saturated carbocycles. The Morgan fingerprint density at radius 3 is 2.35 bits per heavy atom. The van der Waals surface area contributed by atoms with E-state index < -0.39 is 23.0 Å². The van der Waals surface area contributed by atoms with Crippen LogP contribution in [0.4, 0.5) is 19.7 Å². The number of aromatic nitrogens is 1. The number of halogens is 2. The lowest BCUT2D eigenvalue weighted by molar-refractivity contribution is 0.103. The number of nitrogens with one attached hydrogen (secondary N) is 2. The van der Waals surface area contributed by atoms with Crippen molar-refractivity contribution in [2.24, 2.45) is 4.99 Å². The fraction of sp³-hybridized carbons (Fsp3) is 0.444. The Balaban J connectivity index is 0. The largest absolute Gasteiger partial charge is 0.382 e. The molecule has 4 N–H and O–H groups in total. The maximum atomic E-state index is 13.9. The summed E-state index contributed by atoms with van der Waals surface area (Å²) in [4.78, 5) is 20.2. The Morgan fingerprint density at radius 2 is 1.86 bits per heavy atom. The van der Waals surface area contributed by atoms with Crippen LogP contribution in [0.2, 0.25) is 0 Å². The third kappa shape index (κ3) is 14.7. The monoisotopic (exact) mass is 555 g/mol. The van der Waals surface area contributed by atoms with Gasteiger partial charge in [-0.2, -0.15) is 0 Å². The van der Waals surface area contributed by atoms with Crippen molar-refractivity contribution in [2.75, 3.05) is 24.1 Å². The third-order valence-corrected chi connectivity index (χ3v) is 5.91. The maximum Gasteiger partial charge on any atom is 0.212 e. The van der Waals surface area contributed by atoms with E-state index in [1.807, 2.05) is 40.0 Å². The molecule has 2 rings (SSSR count). The first-order valence-electron chi connectivity index (χ1n) is 12.5. The summed E-state index contributed by atoms with van der Waals surface area (Å²) in [6.07, 6.45) is 6.46. The first kappa shape index (κ1) is 36.6. The van der Waals surface area contributed by atoms with E-state index in [2.05, 4.69) is 46.3 Å². The van der Waals surface area contributed by atoms with Gasteiger partial charge in [0.05, 0.1) is 12.1 Å². The minimum Gasteiger partial charge on any atom is -0.382 e. The molecule has 0 aliphatic carbocycles. The van der Waals surface area contributed by atoms with Gasteiger partial charge in [-0.1, -0.05) is 83.0 Å². The van der Waals surface area contributed by atoms with Crippen molar-refractivity contribution in [1.82, 2.24) is 9.71 Å². The molecule has 10 heteroatoms. The Hall–Kier alpha value is -2.56. The highest BCUT2D eigenvalue weighted by atomic mass is 32.2. The number of carbonyl (C=O) groups excluding carboxylic acids is 1. The number of rotatable bonds is 13. The molecule has 0 amide bonds. The van der Waals surface area contributed by atoms with Crippen molar-refractivity contribution in [2.45, 2.75) is 66.8 Å². The lowest BCUT2D eigenvalue weighted by atomic mass is 10.1. The van der Waals surface area contributed by atoms with E-state index in [0.29, 0.717) is 11.7 Å².